The van der Waals surface area contributed by atoms with Gasteiger partial charge in [0.2, 0.25) is 0 Å². The van der Waals surface area contributed by atoms with E-state index in [4.69, 9.17) is 4.84 Å². The molecule has 0 radical (unpaired) electrons. The fourth-order valence-corrected chi connectivity index (χ4v) is 0.730. The lowest BCUT2D eigenvalue weighted by Gasteiger charge is -1.99. The second-order valence-electron chi connectivity index (χ2n) is 1.98. The number of benzene rings is 1. The minimum Gasteiger partial charge on any atom is -0.297 e. The maximum atomic E-state index is 4.97. The van der Waals surface area contributed by atoms with Gasteiger partial charge in [-0.05, 0) is 5.56 Å². The van der Waals surface area contributed by atoms with Crippen LogP contribution in [0.1, 0.15) is 5.56 Å². The Balaban J connectivity index is 0.000001000. The van der Waals surface area contributed by atoms with Crippen molar-refractivity contribution in [1.82, 2.24) is 5.48 Å². The molecule has 0 aliphatic heterocycles. The zero-order valence-corrected chi connectivity index (χ0v) is 7.23. The van der Waals surface area contributed by atoms with E-state index in [-0.39, 0.29) is 12.4 Å². The van der Waals surface area contributed by atoms with Crippen molar-refractivity contribution in [3.8, 4) is 0 Å². The van der Waals surface area contributed by atoms with Crippen LogP contribution in [0.2, 0.25) is 0 Å². The minimum absolute atomic E-state index is 0. The fraction of sp³-hybridized carbons (Fsp3) is 0.250. The molecule has 1 N–H and O–H groups in total. The van der Waals surface area contributed by atoms with Gasteiger partial charge >= 0.3 is 0 Å². The SMILES string of the molecule is CNOCc1ccccc1.Cl. The summed E-state index contributed by atoms with van der Waals surface area (Å²) in [4.78, 5) is 4.97. The topological polar surface area (TPSA) is 21.3 Å². The van der Waals surface area contributed by atoms with E-state index in [1.54, 1.807) is 7.05 Å². The van der Waals surface area contributed by atoms with E-state index in [0.29, 0.717) is 6.61 Å². The maximum absolute atomic E-state index is 4.97. The molecule has 0 saturated carbocycles. The number of hydrogen-bond acceptors (Lipinski definition) is 2. The Hall–Kier alpha value is -0.570. The van der Waals surface area contributed by atoms with Crippen LogP contribution >= 0.6 is 12.4 Å². The number of hydroxylamine groups is 1. The normalized spacial score (nSPS) is 8.82. The van der Waals surface area contributed by atoms with Crippen LogP contribution in [0.15, 0.2) is 30.3 Å². The summed E-state index contributed by atoms with van der Waals surface area (Å²) in [6, 6.07) is 10.0. The molecule has 0 amide bonds. The highest BCUT2D eigenvalue weighted by Crippen LogP contribution is 1.98. The Kier molecular flexibility index (Phi) is 5.84. The molecule has 2 nitrogen and oxygen atoms in total. The summed E-state index contributed by atoms with van der Waals surface area (Å²) >= 11 is 0. The standard InChI is InChI=1S/C8H11NO.ClH/c1-9-10-7-8-5-3-2-4-6-8;/h2-6,9H,7H2,1H3;1H. The zero-order valence-electron chi connectivity index (χ0n) is 6.41. The first-order chi connectivity index (χ1) is 4.93. The lowest BCUT2D eigenvalue weighted by atomic mass is 10.2. The molecule has 1 aromatic carbocycles. The summed E-state index contributed by atoms with van der Waals surface area (Å²) in [7, 11) is 1.75. The van der Waals surface area contributed by atoms with Crippen molar-refractivity contribution in [3.05, 3.63) is 35.9 Å². The first kappa shape index (κ1) is 10.4. The minimum atomic E-state index is 0. The van der Waals surface area contributed by atoms with Gasteiger partial charge in [0, 0.05) is 7.05 Å². The van der Waals surface area contributed by atoms with Crippen molar-refractivity contribution in [3.63, 3.8) is 0 Å². The molecule has 0 aliphatic rings. The monoisotopic (exact) mass is 173 g/mol. The predicted octanol–water partition coefficient (Wildman–Crippen LogP) is 1.76. The maximum Gasteiger partial charge on any atom is 0.0932 e. The Morgan fingerprint density at radius 1 is 1.27 bits per heavy atom. The molecule has 0 heterocycles. The zero-order chi connectivity index (χ0) is 7.23. The first-order valence-electron chi connectivity index (χ1n) is 3.26. The molecule has 1 rings (SSSR count). The van der Waals surface area contributed by atoms with Gasteiger partial charge in [-0.3, -0.25) is 4.84 Å². The van der Waals surface area contributed by atoms with E-state index in [1.165, 1.54) is 5.56 Å². The van der Waals surface area contributed by atoms with Crippen LogP contribution in [0.4, 0.5) is 0 Å². The van der Waals surface area contributed by atoms with Gasteiger partial charge in [-0.25, -0.2) is 5.48 Å². The summed E-state index contributed by atoms with van der Waals surface area (Å²) in [5.41, 5.74) is 3.79. The van der Waals surface area contributed by atoms with E-state index >= 15 is 0 Å². The average molecular weight is 174 g/mol. The molecule has 11 heavy (non-hydrogen) atoms. The Labute approximate surface area is 72.9 Å². The number of halogens is 1. The number of hydrogen-bond donors (Lipinski definition) is 1. The van der Waals surface area contributed by atoms with E-state index < -0.39 is 0 Å². The van der Waals surface area contributed by atoms with Crippen molar-refractivity contribution in [2.75, 3.05) is 7.05 Å². The fourth-order valence-electron chi connectivity index (χ4n) is 0.730. The quantitative estimate of drug-likeness (QED) is 0.704. The van der Waals surface area contributed by atoms with Gasteiger partial charge in [0.15, 0.2) is 0 Å². The van der Waals surface area contributed by atoms with Crippen molar-refractivity contribution >= 4 is 12.4 Å². The van der Waals surface area contributed by atoms with E-state index in [9.17, 15) is 0 Å². The predicted molar refractivity (Wildman–Crippen MR) is 47.5 cm³/mol. The van der Waals surface area contributed by atoms with E-state index in [0.717, 1.165) is 0 Å². The first-order valence-corrected chi connectivity index (χ1v) is 3.26. The van der Waals surface area contributed by atoms with Crippen molar-refractivity contribution in [2.24, 2.45) is 0 Å². The van der Waals surface area contributed by atoms with Gasteiger partial charge < -0.3 is 0 Å². The molecular weight excluding hydrogens is 162 g/mol. The number of nitrogens with one attached hydrogen (secondary N) is 1. The Bertz CT molecular complexity index is 179. The second kappa shape index (κ2) is 6.16. The van der Waals surface area contributed by atoms with Crippen molar-refractivity contribution in [1.29, 1.82) is 0 Å². The van der Waals surface area contributed by atoms with E-state index in [1.807, 2.05) is 30.3 Å². The van der Waals surface area contributed by atoms with Gasteiger partial charge in [-0.1, -0.05) is 30.3 Å². The molecule has 1 aromatic rings. The molecule has 0 bridgehead atoms. The molecule has 0 spiro atoms. The largest absolute Gasteiger partial charge is 0.297 e. The average Bonchev–Trinajstić information content (AvgIpc) is 2.03. The van der Waals surface area contributed by atoms with Gasteiger partial charge in [0.05, 0.1) is 6.61 Å². The molecule has 0 fully saturated rings. The van der Waals surface area contributed by atoms with Gasteiger partial charge in [0.25, 0.3) is 0 Å². The van der Waals surface area contributed by atoms with Crippen LogP contribution in [0.5, 0.6) is 0 Å². The number of rotatable bonds is 3. The third-order valence-electron chi connectivity index (χ3n) is 1.23. The van der Waals surface area contributed by atoms with Crippen LogP contribution in [0.3, 0.4) is 0 Å². The Morgan fingerprint density at radius 3 is 2.45 bits per heavy atom. The third-order valence-corrected chi connectivity index (χ3v) is 1.23. The summed E-state index contributed by atoms with van der Waals surface area (Å²) in [5.74, 6) is 0. The lowest BCUT2D eigenvalue weighted by molar-refractivity contribution is 0.0444. The second-order valence-corrected chi connectivity index (χ2v) is 1.98. The van der Waals surface area contributed by atoms with Gasteiger partial charge in [-0.2, -0.15) is 0 Å². The summed E-state index contributed by atoms with van der Waals surface area (Å²) in [5, 5.41) is 0. The Morgan fingerprint density at radius 2 is 1.91 bits per heavy atom. The van der Waals surface area contributed by atoms with Gasteiger partial charge in [0.1, 0.15) is 0 Å². The lowest BCUT2D eigenvalue weighted by Crippen LogP contribution is -2.06. The van der Waals surface area contributed by atoms with Crippen LogP contribution in [-0.4, -0.2) is 7.05 Å². The van der Waals surface area contributed by atoms with Crippen LogP contribution in [0.25, 0.3) is 0 Å². The van der Waals surface area contributed by atoms with Crippen LogP contribution in [-0.2, 0) is 11.4 Å². The van der Waals surface area contributed by atoms with Gasteiger partial charge in [-0.15, -0.1) is 12.4 Å². The highest BCUT2D eigenvalue weighted by molar-refractivity contribution is 5.85. The van der Waals surface area contributed by atoms with Crippen LogP contribution < -0.4 is 5.48 Å². The third kappa shape index (κ3) is 3.98. The smallest absolute Gasteiger partial charge is 0.0932 e. The molecule has 0 aliphatic carbocycles. The molecular formula is C8H12ClNO. The van der Waals surface area contributed by atoms with Crippen LogP contribution in [0, 0.1) is 0 Å². The van der Waals surface area contributed by atoms with Crippen molar-refractivity contribution in [2.45, 2.75) is 6.61 Å². The molecule has 62 valence electrons. The summed E-state index contributed by atoms with van der Waals surface area (Å²) in [6.45, 7) is 0.622. The summed E-state index contributed by atoms with van der Waals surface area (Å²) < 4.78 is 0. The van der Waals surface area contributed by atoms with E-state index in [2.05, 4.69) is 5.48 Å². The molecule has 0 aromatic heterocycles. The highest BCUT2D eigenvalue weighted by Gasteiger charge is 1.86. The summed E-state index contributed by atoms with van der Waals surface area (Å²) in [6.07, 6.45) is 0. The molecule has 3 heteroatoms. The highest BCUT2D eigenvalue weighted by atomic mass is 35.5. The molecule has 0 atom stereocenters. The van der Waals surface area contributed by atoms with Crippen molar-refractivity contribution < 1.29 is 4.84 Å². The molecule has 0 saturated heterocycles. The molecule has 0 unspecified atom stereocenters.